The predicted molar refractivity (Wildman–Crippen MR) is 74.9 cm³/mol. The van der Waals surface area contributed by atoms with Crippen LogP contribution in [0.2, 0.25) is 0 Å². The summed E-state index contributed by atoms with van der Waals surface area (Å²) in [7, 11) is 4.73. The number of nitrogens with zero attached hydrogens (tertiary/aromatic N) is 3. The van der Waals surface area contributed by atoms with E-state index in [0.717, 1.165) is 0 Å². The summed E-state index contributed by atoms with van der Waals surface area (Å²) in [6.07, 6.45) is -0.557. The highest BCUT2D eigenvalue weighted by Crippen LogP contribution is 1.99. The van der Waals surface area contributed by atoms with Gasteiger partial charge in [0.25, 0.3) is 0 Å². The van der Waals surface area contributed by atoms with Crippen LogP contribution in [0.25, 0.3) is 0 Å². The standard InChI is InChI=1S/C13H25N3O4/c1-6-11(18)15(4)8-13(20)16(5)9-12(19)14(3)7-10(2)17/h13,20H,6-9H2,1-5H3. The van der Waals surface area contributed by atoms with E-state index in [4.69, 9.17) is 0 Å². The fraction of sp³-hybridized carbons (Fsp3) is 0.769. The number of hydrogen-bond donors (Lipinski definition) is 1. The summed E-state index contributed by atoms with van der Waals surface area (Å²) in [5, 5.41) is 9.94. The minimum Gasteiger partial charge on any atom is -0.376 e. The van der Waals surface area contributed by atoms with Crippen molar-refractivity contribution in [2.45, 2.75) is 26.5 Å². The third-order valence-electron chi connectivity index (χ3n) is 2.94. The topological polar surface area (TPSA) is 81.2 Å². The Morgan fingerprint density at radius 1 is 1.00 bits per heavy atom. The second-order valence-electron chi connectivity index (χ2n) is 4.98. The molecule has 0 fully saturated rings. The molecule has 0 aromatic carbocycles. The van der Waals surface area contributed by atoms with Crippen molar-refractivity contribution in [2.75, 3.05) is 40.8 Å². The molecule has 0 aromatic heterocycles. The number of aliphatic hydroxyl groups is 1. The highest BCUT2D eigenvalue weighted by Gasteiger charge is 2.20. The van der Waals surface area contributed by atoms with Crippen molar-refractivity contribution in [3.05, 3.63) is 0 Å². The summed E-state index contributed by atoms with van der Waals surface area (Å²) in [4.78, 5) is 38.3. The molecule has 0 rings (SSSR count). The van der Waals surface area contributed by atoms with Crippen LogP contribution < -0.4 is 0 Å². The van der Waals surface area contributed by atoms with Crippen LogP contribution in [-0.4, -0.2) is 84.4 Å². The summed E-state index contributed by atoms with van der Waals surface area (Å²) in [5.41, 5.74) is 0. The SMILES string of the molecule is CCC(=O)N(C)CC(O)N(C)CC(=O)N(C)CC(C)=O. The number of amides is 2. The van der Waals surface area contributed by atoms with Gasteiger partial charge in [-0.2, -0.15) is 0 Å². The molecular weight excluding hydrogens is 262 g/mol. The molecule has 0 bridgehead atoms. The Balaban J connectivity index is 4.31. The van der Waals surface area contributed by atoms with Crippen LogP contribution >= 0.6 is 0 Å². The molecule has 116 valence electrons. The van der Waals surface area contributed by atoms with Crippen molar-refractivity contribution in [1.29, 1.82) is 0 Å². The molecular formula is C13H25N3O4. The second-order valence-corrected chi connectivity index (χ2v) is 4.98. The highest BCUT2D eigenvalue weighted by molar-refractivity contribution is 5.85. The van der Waals surface area contributed by atoms with Gasteiger partial charge < -0.3 is 14.9 Å². The Bertz CT molecular complexity index is 360. The minimum atomic E-state index is -0.926. The second kappa shape index (κ2) is 8.65. The van der Waals surface area contributed by atoms with Crippen molar-refractivity contribution in [2.24, 2.45) is 0 Å². The van der Waals surface area contributed by atoms with Gasteiger partial charge in [-0.05, 0) is 14.0 Å². The van der Waals surface area contributed by atoms with Crippen LogP contribution in [0.4, 0.5) is 0 Å². The van der Waals surface area contributed by atoms with Crippen LogP contribution in [0.3, 0.4) is 0 Å². The average Bonchev–Trinajstić information content (AvgIpc) is 2.36. The maximum Gasteiger partial charge on any atom is 0.236 e. The van der Waals surface area contributed by atoms with Crippen LogP contribution in [0.1, 0.15) is 20.3 Å². The van der Waals surface area contributed by atoms with Gasteiger partial charge >= 0.3 is 0 Å². The molecule has 0 radical (unpaired) electrons. The van der Waals surface area contributed by atoms with E-state index in [2.05, 4.69) is 0 Å². The molecule has 0 saturated carbocycles. The number of ketones is 1. The number of likely N-dealkylation sites (N-methyl/N-ethyl adjacent to an activating group) is 3. The average molecular weight is 287 g/mol. The molecule has 2 amide bonds. The van der Waals surface area contributed by atoms with Crippen LogP contribution in [0, 0.1) is 0 Å². The number of carbonyl (C=O) groups is 3. The van der Waals surface area contributed by atoms with Crippen molar-refractivity contribution < 1.29 is 19.5 Å². The number of Topliss-reactive ketones (excluding diaryl/α,β-unsaturated/α-hetero) is 1. The van der Waals surface area contributed by atoms with Crippen LogP contribution in [-0.2, 0) is 14.4 Å². The molecule has 1 unspecified atom stereocenters. The zero-order valence-electron chi connectivity index (χ0n) is 12.9. The first-order chi connectivity index (χ1) is 9.18. The maximum atomic E-state index is 11.8. The normalized spacial score (nSPS) is 12.2. The summed E-state index contributed by atoms with van der Waals surface area (Å²) in [5.74, 6) is -0.430. The Morgan fingerprint density at radius 2 is 1.55 bits per heavy atom. The number of carbonyl (C=O) groups excluding carboxylic acids is 3. The molecule has 0 spiro atoms. The maximum absolute atomic E-state index is 11.8. The molecule has 0 aliphatic rings. The fourth-order valence-corrected chi connectivity index (χ4v) is 1.62. The van der Waals surface area contributed by atoms with Crippen molar-refractivity contribution in [1.82, 2.24) is 14.7 Å². The van der Waals surface area contributed by atoms with E-state index in [0.29, 0.717) is 6.42 Å². The number of hydrogen-bond acceptors (Lipinski definition) is 5. The lowest BCUT2D eigenvalue weighted by Gasteiger charge is -2.28. The van der Waals surface area contributed by atoms with Gasteiger partial charge in [0.2, 0.25) is 11.8 Å². The van der Waals surface area contributed by atoms with Gasteiger partial charge in [-0.3, -0.25) is 19.3 Å². The first-order valence-electron chi connectivity index (χ1n) is 6.54. The Hall–Kier alpha value is -1.47. The molecule has 0 saturated heterocycles. The largest absolute Gasteiger partial charge is 0.376 e. The zero-order chi connectivity index (χ0) is 15.9. The quantitative estimate of drug-likeness (QED) is 0.588. The van der Waals surface area contributed by atoms with Gasteiger partial charge in [0.05, 0.1) is 19.6 Å². The molecule has 0 aliphatic heterocycles. The lowest BCUT2D eigenvalue weighted by Crippen LogP contribution is -2.47. The van der Waals surface area contributed by atoms with Crippen molar-refractivity contribution in [3.63, 3.8) is 0 Å². The van der Waals surface area contributed by atoms with E-state index in [1.165, 1.54) is 28.7 Å². The van der Waals surface area contributed by atoms with E-state index in [1.54, 1.807) is 21.0 Å². The number of aliphatic hydroxyl groups excluding tert-OH is 1. The van der Waals surface area contributed by atoms with E-state index in [1.807, 2.05) is 0 Å². The van der Waals surface area contributed by atoms with Gasteiger partial charge in [0.1, 0.15) is 12.0 Å². The van der Waals surface area contributed by atoms with Crippen LogP contribution in [0.5, 0.6) is 0 Å². The molecule has 0 heterocycles. The first kappa shape index (κ1) is 18.5. The van der Waals surface area contributed by atoms with E-state index < -0.39 is 6.23 Å². The van der Waals surface area contributed by atoms with Gasteiger partial charge in [-0.15, -0.1) is 0 Å². The molecule has 0 aromatic rings. The highest BCUT2D eigenvalue weighted by atomic mass is 16.3. The third kappa shape index (κ3) is 6.63. The van der Waals surface area contributed by atoms with E-state index in [-0.39, 0.29) is 37.2 Å². The van der Waals surface area contributed by atoms with E-state index >= 15 is 0 Å². The number of rotatable bonds is 8. The van der Waals surface area contributed by atoms with Crippen LogP contribution in [0.15, 0.2) is 0 Å². The smallest absolute Gasteiger partial charge is 0.236 e. The molecule has 0 aliphatic carbocycles. The van der Waals surface area contributed by atoms with Gasteiger partial charge in [-0.25, -0.2) is 0 Å². The lowest BCUT2D eigenvalue weighted by atomic mass is 10.3. The van der Waals surface area contributed by atoms with E-state index in [9.17, 15) is 19.5 Å². The summed E-state index contributed by atoms with van der Waals surface area (Å²) >= 11 is 0. The monoisotopic (exact) mass is 287 g/mol. The molecule has 1 N–H and O–H groups in total. The zero-order valence-corrected chi connectivity index (χ0v) is 12.9. The molecule has 7 heteroatoms. The third-order valence-corrected chi connectivity index (χ3v) is 2.94. The Kier molecular flexibility index (Phi) is 8.02. The first-order valence-corrected chi connectivity index (χ1v) is 6.54. The van der Waals surface area contributed by atoms with Gasteiger partial charge in [0, 0.05) is 20.5 Å². The molecule has 7 nitrogen and oxygen atoms in total. The summed E-state index contributed by atoms with van der Waals surface area (Å²) in [6.45, 7) is 3.33. The Labute approximate surface area is 120 Å². The summed E-state index contributed by atoms with van der Waals surface area (Å²) < 4.78 is 0. The van der Waals surface area contributed by atoms with Crippen molar-refractivity contribution in [3.8, 4) is 0 Å². The molecule has 20 heavy (non-hydrogen) atoms. The fourth-order valence-electron chi connectivity index (χ4n) is 1.62. The predicted octanol–water partition coefficient (Wildman–Crippen LogP) is -0.848. The summed E-state index contributed by atoms with van der Waals surface area (Å²) in [6, 6.07) is 0. The van der Waals surface area contributed by atoms with Crippen molar-refractivity contribution >= 4 is 17.6 Å². The Morgan fingerprint density at radius 3 is 2.00 bits per heavy atom. The minimum absolute atomic E-state index is 0.0148. The van der Waals surface area contributed by atoms with Gasteiger partial charge in [-0.1, -0.05) is 6.92 Å². The molecule has 1 atom stereocenters. The van der Waals surface area contributed by atoms with Gasteiger partial charge in [0.15, 0.2) is 0 Å². The lowest BCUT2D eigenvalue weighted by molar-refractivity contribution is -0.138.